The van der Waals surface area contributed by atoms with E-state index < -0.39 is 0 Å². The second kappa shape index (κ2) is 4.49. The molecule has 0 amide bonds. The molecule has 84 valence electrons. The third-order valence-corrected chi connectivity index (χ3v) is 2.57. The minimum atomic E-state index is 0.435. The van der Waals surface area contributed by atoms with Crippen LogP contribution in [0.1, 0.15) is 18.2 Å². The van der Waals surface area contributed by atoms with E-state index in [9.17, 15) is 0 Å². The largest absolute Gasteiger partial charge is 0.493 e. The molecule has 0 unspecified atom stereocenters. The number of hydrogen-bond acceptors (Lipinski definition) is 3. The fourth-order valence-corrected chi connectivity index (χ4v) is 1.79. The van der Waals surface area contributed by atoms with Gasteiger partial charge < -0.3 is 10.5 Å². The van der Waals surface area contributed by atoms with Crippen molar-refractivity contribution in [3.63, 3.8) is 0 Å². The Kier molecular flexibility index (Phi) is 3.06. The summed E-state index contributed by atoms with van der Waals surface area (Å²) in [5.74, 6) is 0.872. The van der Waals surface area contributed by atoms with Crippen molar-refractivity contribution in [3.8, 4) is 5.75 Å². The van der Waals surface area contributed by atoms with Gasteiger partial charge in [0.2, 0.25) is 0 Å². The van der Waals surface area contributed by atoms with Gasteiger partial charge in [0.25, 0.3) is 0 Å². The molecule has 0 bridgehead atoms. The van der Waals surface area contributed by atoms with Gasteiger partial charge >= 0.3 is 0 Å². The molecule has 2 rings (SSSR count). The number of ether oxygens (including phenoxy) is 1. The van der Waals surface area contributed by atoms with Gasteiger partial charge in [0.1, 0.15) is 5.75 Å². The van der Waals surface area contributed by atoms with Crippen LogP contribution in [0.4, 0.5) is 0 Å². The predicted octanol–water partition coefficient (Wildman–Crippen LogP) is 2.40. The summed E-state index contributed by atoms with van der Waals surface area (Å²) in [6.07, 6.45) is 0. The maximum absolute atomic E-state index is 5.64. The Morgan fingerprint density at radius 2 is 2.19 bits per heavy atom. The quantitative estimate of drug-likeness (QED) is 0.857. The first-order valence-electron chi connectivity index (χ1n) is 5.48. The van der Waals surface area contributed by atoms with E-state index in [1.165, 1.54) is 0 Å². The average Bonchev–Trinajstić information content (AvgIpc) is 2.30. The van der Waals surface area contributed by atoms with Crippen LogP contribution in [0.15, 0.2) is 24.3 Å². The summed E-state index contributed by atoms with van der Waals surface area (Å²) in [7, 11) is 0. The topological polar surface area (TPSA) is 48.1 Å². The molecule has 0 atom stereocenters. The molecule has 0 saturated carbocycles. The van der Waals surface area contributed by atoms with E-state index >= 15 is 0 Å². The molecule has 0 aliphatic carbocycles. The molecule has 2 N–H and O–H groups in total. The Morgan fingerprint density at radius 1 is 1.38 bits per heavy atom. The number of nitrogens with two attached hydrogens (primary N) is 1. The zero-order valence-corrected chi connectivity index (χ0v) is 9.66. The van der Waals surface area contributed by atoms with Crippen molar-refractivity contribution in [2.75, 3.05) is 6.61 Å². The SMILES string of the molecule is CCOc1cc(CN)nc2c(C)cccc12. The highest BCUT2D eigenvalue weighted by molar-refractivity contribution is 5.87. The lowest BCUT2D eigenvalue weighted by Crippen LogP contribution is -2.02. The van der Waals surface area contributed by atoms with Crippen molar-refractivity contribution in [2.24, 2.45) is 5.73 Å². The number of benzene rings is 1. The van der Waals surface area contributed by atoms with Crippen molar-refractivity contribution >= 4 is 10.9 Å². The molecular formula is C13H16N2O. The zero-order valence-electron chi connectivity index (χ0n) is 9.66. The van der Waals surface area contributed by atoms with Gasteiger partial charge in [0.15, 0.2) is 0 Å². The van der Waals surface area contributed by atoms with Crippen LogP contribution in [-0.2, 0) is 6.54 Å². The van der Waals surface area contributed by atoms with Gasteiger partial charge in [0, 0.05) is 18.0 Å². The molecule has 0 aliphatic heterocycles. The Labute approximate surface area is 95.2 Å². The first kappa shape index (κ1) is 10.9. The molecule has 0 aliphatic rings. The van der Waals surface area contributed by atoms with Crippen LogP contribution in [0.25, 0.3) is 10.9 Å². The Balaban J connectivity index is 2.71. The molecule has 1 aromatic heterocycles. The minimum absolute atomic E-state index is 0.435. The monoisotopic (exact) mass is 216 g/mol. The molecule has 3 heteroatoms. The van der Waals surface area contributed by atoms with Gasteiger partial charge in [-0.05, 0) is 25.5 Å². The van der Waals surface area contributed by atoms with Crippen LogP contribution < -0.4 is 10.5 Å². The lowest BCUT2D eigenvalue weighted by atomic mass is 10.1. The third kappa shape index (κ3) is 1.86. The molecule has 0 spiro atoms. The Hall–Kier alpha value is -1.61. The van der Waals surface area contributed by atoms with Gasteiger partial charge in [0.05, 0.1) is 17.8 Å². The molecule has 2 aromatic rings. The maximum Gasteiger partial charge on any atom is 0.130 e. The minimum Gasteiger partial charge on any atom is -0.493 e. The number of fused-ring (bicyclic) bond motifs is 1. The van der Waals surface area contributed by atoms with Crippen LogP contribution >= 0.6 is 0 Å². The highest BCUT2D eigenvalue weighted by Gasteiger charge is 2.07. The molecular weight excluding hydrogens is 200 g/mol. The van der Waals surface area contributed by atoms with Crippen LogP contribution in [-0.4, -0.2) is 11.6 Å². The van der Waals surface area contributed by atoms with E-state index in [0.29, 0.717) is 13.2 Å². The molecule has 0 radical (unpaired) electrons. The molecule has 16 heavy (non-hydrogen) atoms. The summed E-state index contributed by atoms with van der Waals surface area (Å²) in [5.41, 5.74) is 8.63. The highest BCUT2D eigenvalue weighted by Crippen LogP contribution is 2.27. The normalized spacial score (nSPS) is 10.7. The van der Waals surface area contributed by atoms with Gasteiger partial charge in [-0.15, -0.1) is 0 Å². The average molecular weight is 216 g/mol. The summed E-state index contributed by atoms with van der Waals surface area (Å²) in [6, 6.07) is 8.02. The number of para-hydroxylation sites is 1. The maximum atomic E-state index is 5.64. The highest BCUT2D eigenvalue weighted by atomic mass is 16.5. The number of aryl methyl sites for hydroxylation is 1. The second-order valence-corrected chi connectivity index (χ2v) is 3.72. The van der Waals surface area contributed by atoms with Crippen LogP contribution in [0, 0.1) is 6.92 Å². The summed E-state index contributed by atoms with van der Waals surface area (Å²) < 4.78 is 5.62. The summed E-state index contributed by atoms with van der Waals surface area (Å²) in [6.45, 7) is 5.11. The van der Waals surface area contributed by atoms with Crippen LogP contribution in [0.5, 0.6) is 5.75 Å². The lowest BCUT2D eigenvalue weighted by molar-refractivity contribution is 0.343. The smallest absolute Gasteiger partial charge is 0.130 e. The Morgan fingerprint density at radius 3 is 2.88 bits per heavy atom. The van der Waals surface area contributed by atoms with E-state index in [1.54, 1.807) is 0 Å². The third-order valence-electron chi connectivity index (χ3n) is 2.57. The van der Waals surface area contributed by atoms with Crippen molar-refractivity contribution in [1.82, 2.24) is 4.98 Å². The van der Waals surface area contributed by atoms with Gasteiger partial charge in [-0.25, -0.2) is 0 Å². The van der Waals surface area contributed by atoms with E-state index in [-0.39, 0.29) is 0 Å². The van der Waals surface area contributed by atoms with Crippen LogP contribution in [0.2, 0.25) is 0 Å². The fraction of sp³-hybridized carbons (Fsp3) is 0.308. The molecule has 0 fully saturated rings. The predicted molar refractivity (Wildman–Crippen MR) is 65.5 cm³/mol. The van der Waals surface area contributed by atoms with Crippen LogP contribution in [0.3, 0.4) is 0 Å². The van der Waals surface area contributed by atoms with Crippen molar-refractivity contribution in [3.05, 3.63) is 35.5 Å². The number of hydrogen-bond donors (Lipinski definition) is 1. The fourth-order valence-electron chi connectivity index (χ4n) is 1.79. The summed E-state index contributed by atoms with van der Waals surface area (Å²) in [4.78, 5) is 4.53. The molecule has 3 nitrogen and oxygen atoms in total. The van der Waals surface area contributed by atoms with Crippen molar-refractivity contribution in [1.29, 1.82) is 0 Å². The van der Waals surface area contributed by atoms with Gasteiger partial charge in [-0.1, -0.05) is 12.1 Å². The van der Waals surface area contributed by atoms with E-state index in [4.69, 9.17) is 10.5 Å². The van der Waals surface area contributed by atoms with Crippen molar-refractivity contribution < 1.29 is 4.74 Å². The Bertz CT molecular complexity index is 509. The standard InChI is InChI=1S/C13H16N2O/c1-3-16-12-7-10(8-14)15-13-9(2)5-4-6-11(12)13/h4-7H,3,8,14H2,1-2H3. The van der Waals surface area contributed by atoms with E-state index in [1.807, 2.05) is 38.1 Å². The zero-order chi connectivity index (χ0) is 11.5. The molecule has 1 aromatic carbocycles. The van der Waals surface area contributed by atoms with Gasteiger partial charge in [-0.2, -0.15) is 0 Å². The first-order chi connectivity index (χ1) is 7.76. The number of nitrogens with zero attached hydrogens (tertiary/aromatic N) is 1. The van der Waals surface area contributed by atoms with Crippen molar-refractivity contribution in [2.45, 2.75) is 20.4 Å². The number of rotatable bonds is 3. The molecule has 0 saturated heterocycles. The summed E-state index contributed by atoms with van der Waals surface area (Å²) >= 11 is 0. The number of aromatic nitrogens is 1. The van der Waals surface area contributed by atoms with E-state index in [0.717, 1.165) is 27.9 Å². The second-order valence-electron chi connectivity index (χ2n) is 3.72. The first-order valence-corrected chi connectivity index (χ1v) is 5.48. The number of pyridine rings is 1. The summed E-state index contributed by atoms with van der Waals surface area (Å²) in [5, 5.41) is 1.05. The van der Waals surface area contributed by atoms with Gasteiger partial charge in [-0.3, -0.25) is 4.98 Å². The lowest BCUT2D eigenvalue weighted by Gasteiger charge is -2.10. The molecule has 1 heterocycles. The van der Waals surface area contributed by atoms with E-state index in [2.05, 4.69) is 4.98 Å².